The van der Waals surface area contributed by atoms with E-state index >= 15 is 0 Å². The van der Waals surface area contributed by atoms with Crippen molar-refractivity contribution in [1.29, 1.82) is 0 Å². The Kier molecular flexibility index (Phi) is 18.9. The number of ether oxygens (including phenoxy) is 2. The number of rotatable bonds is 15. The SMILES string of the molecule is COc1ccccc1CC(=O)CC(C)=O.COc1ccccc1CC(O)=C(N=Nc1cc(CCN)ccc1C)C(C)=O.Cc1ccc(CCN)cc1N. The van der Waals surface area contributed by atoms with Gasteiger partial charge in [0.2, 0.25) is 0 Å². The van der Waals surface area contributed by atoms with E-state index in [1.807, 2.05) is 80.6 Å². The van der Waals surface area contributed by atoms with Crippen LogP contribution in [0.15, 0.2) is 107 Å². The zero-order chi connectivity index (χ0) is 39.3. The lowest BCUT2D eigenvalue weighted by atomic mass is 10.0. The summed E-state index contributed by atoms with van der Waals surface area (Å²) in [5.41, 5.74) is 24.0. The number of anilines is 1. The van der Waals surface area contributed by atoms with Gasteiger partial charge in [-0.15, -0.1) is 5.11 Å². The highest BCUT2D eigenvalue weighted by Crippen LogP contribution is 2.25. The molecule has 7 N–H and O–H groups in total. The molecule has 4 rings (SSSR count). The van der Waals surface area contributed by atoms with Gasteiger partial charge >= 0.3 is 0 Å². The molecule has 0 aliphatic carbocycles. The van der Waals surface area contributed by atoms with Crippen molar-refractivity contribution in [3.63, 3.8) is 0 Å². The number of aliphatic hydroxyl groups is 1. The van der Waals surface area contributed by atoms with E-state index in [0.29, 0.717) is 30.3 Å². The molecule has 0 aliphatic rings. The van der Waals surface area contributed by atoms with Crippen LogP contribution in [-0.2, 0) is 40.1 Å². The lowest BCUT2D eigenvalue weighted by molar-refractivity contribution is -0.125. The van der Waals surface area contributed by atoms with Crippen molar-refractivity contribution >= 4 is 28.7 Å². The highest BCUT2D eigenvalue weighted by atomic mass is 16.5. The fraction of sp³-hybridized carbons (Fsp3) is 0.310. The number of hydrogen-bond acceptors (Lipinski definition) is 11. The normalized spacial score (nSPS) is 11.0. The molecule has 282 valence electrons. The van der Waals surface area contributed by atoms with Crippen LogP contribution in [0.25, 0.3) is 0 Å². The van der Waals surface area contributed by atoms with Crippen LogP contribution in [0.4, 0.5) is 11.4 Å². The smallest absolute Gasteiger partial charge is 0.183 e. The second kappa shape index (κ2) is 23.0. The number of Topliss-reactive ketones (excluding diaryl/α,β-unsaturated/α-hetero) is 3. The molecule has 53 heavy (non-hydrogen) atoms. The number of benzene rings is 4. The van der Waals surface area contributed by atoms with E-state index in [-0.39, 0.29) is 48.1 Å². The number of aliphatic hydroxyl groups excluding tert-OH is 1. The van der Waals surface area contributed by atoms with E-state index < -0.39 is 0 Å². The molecule has 4 aromatic carbocycles. The Morgan fingerprint density at radius 3 is 1.72 bits per heavy atom. The Labute approximate surface area is 312 Å². The first-order chi connectivity index (χ1) is 25.3. The van der Waals surface area contributed by atoms with Crippen LogP contribution in [0.1, 0.15) is 53.6 Å². The fourth-order valence-corrected chi connectivity index (χ4v) is 5.05. The van der Waals surface area contributed by atoms with E-state index in [1.165, 1.54) is 19.4 Å². The van der Waals surface area contributed by atoms with Gasteiger partial charge in [0.15, 0.2) is 11.5 Å². The summed E-state index contributed by atoms with van der Waals surface area (Å²) in [6, 6.07) is 26.5. The molecule has 0 aliphatic heterocycles. The summed E-state index contributed by atoms with van der Waals surface area (Å²) >= 11 is 0. The summed E-state index contributed by atoms with van der Waals surface area (Å²) in [7, 11) is 3.12. The molecule has 0 atom stereocenters. The molecular formula is C42H53N5O6. The van der Waals surface area contributed by atoms with E-state index in [2.05, 4.69) is 16.3 Å². The van der Waals surface area contributed by atoms with Crippen molar-refractivity contribution in [3.05, 3.63) is 130 Å². The molecule has 0 saturated heterocycles. The van der Waals surface area contributed by atoms with Gasteiger partial charge in [-0.25, -0.2) is 0 Å². The summed E-state index contributed by atoms with van der Waals surface area (Å²) in [6.07, 6.45) is 2.02. The van der Waals surface area contributed by atoms with Crippen LogP contribution in [0.5, 0.6) is 11.5 Å². The number of nitrogen functional groups attached to an aromatic ring is 1. The average Bonchev–Trinajstić information content (AvgIpc) is 3.12. The largest absolute Gasteiger partial charge is 0.509 e. The standard InChI is InChI=1S/C21H25N3O3.C12H14O3.C9H14N2/c1-14-8-9-16(10-11-22)12-18(14)23-24-21(15(2)25)19(26)13-17-6-4-5-7-20(17)27-3;1-9(13)7-11(14)8-10-5-3-4-6-12(10)15-2;1-7-2-3-8(4-5-10)6-9(7)11/h4-9,12,26H,10-11,13,22H2,1-3H3;3-6H,7-8H2,1-2H3;2-3,6H,4-5,10-11H2,1H3. The van der Waals surface area contributed by atoms with Crippen molar-refractivity contribution < 1.29 is 29.0 Å². The van der Waals surface area contributed by atoms with Gasteiger partial charge in [-0.1, -0.05) is 60.7 Å². The molecule has 0 aromatic heterocycles. The number of hydrogen-bond donors (Lipinski definition) is 4. The van der Waals surface area contributed by atoms with Crippen LogP contribution in [-0.4, -0.2) is 49.8 Å². The van der Waals surface area contributed by atoms with Gasteiger partial charge in [-0.2, -0.15) is 5.11 Å². The maximum Gasteiger partial charge on any atom is 0.183 e. The number of aryl methyl sites for hydroxylation is 2. The van der Waals surface area contributed by atoms with Gasteiger partial charge in [0.25, 0.3) is 0 Å². The molecule has 0 fully saturated rings. The average molecular weight is 724 g/mol. The number of methoxy groups -OCH3 is 2. The molecule has 11 nitrogen and oxygen atoms in total. The topological polar surface area (TPSA) is 193 Å². The summed E-state index contributed by atoms with van der Waals surface area (Å²) < 4.78 is 10.4. The van der Waals surface area contributed by atoms with Gasteiger partial charge in [0.05, 0.1) is 26.3 Å². The van der Waals surface area contributed by atoms with Crippen LogP contribution >= 0.6 is 0 Å². The van der Waals surface area contributed by atoms with E-state index in [0.717, 1.165) is 46.3 Å². The summed E-state index contributed by atoms with van der Waals surface area (Å²) in [5, 5.41) is 18.7. The highest BCUT2D eigenvalue weighted by molar-refractivity contribution is 5.99. The van der Waals surface area contributed by atoms with Crippen molar-refractivity contribution in [2.24, 2.45) is 21.7 Å². The second-order valence-electron chi connectivity index (χ2n) is 12.3. The lowest BCUT2D eigenvalue weighted by Crippen LogP contribution is -2.08. The van der Waals surface area contributed by atoms with Crippen molar-refractivity contribution in [2.45, 2.75) is 59.8 Å². The number of carbonyl (C=O) groups is 3. The van der Waals surface area contributed by atoms with Crippen LogP contribution in [0, 0.1) is 13.8 Å². The number of azo groups is 1. The van der Waals surface area contributed by atoms with Crippen LogP contribution in [0.3, 0.4) is 0 Å². The molecule has 0 amide bonds. The molecule has 0 saturated carbocycles. The molecule has 0 unspecified atom stereocenters. The van der Waals surface area contributed by atoms with E-state index in [4.69, 9.17) is 26.7 Å². The Morgan fingerprint density at radius 1 is 0.717 bits per heavy atom. The van der Waals surface area contributed by atoms with Gasteiger partial charge in [-0.3, -0.25) is 14.4 Å². The van der Waals surface area contributed by atoms with Gasteiger partial charge in [-0.05, 0) is 93.2 Å². The van der Waals surface area contributed by atoms with E-state index in [9.17, 15) is 19.5 Å². The number of para-hydroxylation sites is 2. The number of carbonyl (C=O) groups excluding carboxylic acids is 3. The Balaban J connectivity index is 0.000000312. The first-order valence-electron chi connectivity index (χ1n) is 17.3. The predicted molar refractivity (Wildman–Crippen MR) is 211 cm³/mol. The molecule has 0 spiro atoms. The molecule has 11 heteroatoms. The molecule has 0 heterocycles. The van der Waals surface area contributed by atoms with E-state index in [1.54, 1.807) is 26.4 Å². The van der Waals surface area contributed by atoms with Crippen molar-refractivity contribution in [2.75, 3.05) is 33.0 Å². The molecule has 0 bridgehead atoms. The minimum atomic E-state index is -0.359. The molecule has 4 aromatic rings. The third kappa shape index (κ3) is 15.2. The van der Waals surface area contributed by atoms with Crippen LogP contribution < -0.4 is 26.7 Å². The second-order valence-corrected chi connectivity index (χ2v) is 12.3. The summed E-state index contributed by atoms with van der Waals surface area (Å²) in [6.45, 7) is 7.90. The first kappa shape index (κ1) is 43.5. The maximum absolute atomic E-state index is 12.0. The van der Waals surface area contributed by atoms with Gasteiger partial charge < -0.3 is 31.8 Å². The minimum absolute atomic E-state index is 0.00194. The maximum atomic E-state index is 12.0. The predicted octanol–water partition coefficient (Wildman–Crippen LogP) is 7.05. The third-order valence-electron chi connectivity index (χ3n) is 7.92. The lowest BCUT2D eigenvalue weighted by Gasteiger charge is -2.09. The highest BCUT2D eigenvalue weighted by Gasteiger charge is 2.14. The third-order valence-corrected chi connectivity index (χ3v) is 7.92. The van der Waals surface area contributed by atoms with Crippen molar-refractivity contribution in [3.8, 4) is 11.5 Å². The summed E-state index contributed by atoms with van der Waals surface area (Å²) in [5.74, 6) is 0.638. The first-order valence-corrected chi connectivity index (χ1v) is 17.3. The zero-order valence-electron chi connectivity index (χ0n) is 31.6. The number of nitrogens with two attached hydrogens (primary N) is 3. The Hall–Kier alpha value is -5.65. The molecule has 0 radical (unpaired) electrons. The van der Waals surface area contributed by atoms with Gasteiger partial charge in [0.1, 0.15) is 28.8 Å². The zero-order valence-corrected chi connectivity index (χ0v) is 31.6. The fourth-order valence-electron chi connectivity index (χ4n) is 5.05. The number of allylic oxidation sites excluding steroid dienone is 2. The van der Waals surface area contributed by atoms with Crippen molar-refractivity contribution in [1.82, 2.24) is 0 Å². The van der Waals surface area contributed by atoms with Gasteiger partial charge in [0, 0.05) is 36.6 Å². The Bertz CT molecular complexity index is 1890. The van der Waals surface area contributed by atoms with Crippen LogP contribution in [0.2, 0.25) is 0 Å². The monoisotopic (exact) mass is 723 g/mol. The summed E-state index contributed by atoms with van der Waals surface area (Å²) in [4.78, 5) is 34.1. The number of ketones is 3. The molecular weight excluding hydrogens is 670 g/mol. The number of nitrogens with zero attached hydrogens (tertiary/aromatic N) is 2. The minimum Gasteiger partial charge on any atom is -0.509 e. The quantitative estimate of drug-likeness (QED) is 0.0327. The Morgan fingerprint density at radius 2 is 1.23 bits per heavy atom.